The molecule has 90 valence electrons. The molecule has 0 amide bonds. The quantitative estimate of drug-likeness (QED) is 0.946. The Kier molecular flexibility index (Phi) is 3.59. The van der Waals surface area contributed by atoms with Gasteiger partial charge in [-0.2, -0.15) is 5.10 Å². The van der Waals surface area contributed by atoms with Gasteiger partial charge in [0.2, 0.25) is 0 Å². The minimum atomic E-state index is -0.293. The van der Waals surface area contributed by atoms with Crippen LogP contribution in [0, 0.1) is 5.82 Å². The first-order valence-electron chi connectivity index (χ1n) is 5.31. The zero-order valence-electron chi connectivity index (χ0n) is 9.40. The van der Waals surface area contributed by atoms with Crippen LogP contribution in [0.3, 0.4) is 0 Å². The lowest BCUT2D eigenvalue weighted by Gasteiger charge is -2.08. The van der Waals surface area contributed by atoms with E-state index in [-0.39, 0.29) is 11.9 Å². The second kappa shape index (κ2) is 4.98. The monoisotopic (exact) mass is 297 g/mol. The Morgan fingerprint density at radius 3 is 2.82 bits per heavy atom. The molecule has 17 heavy (non-hydrogen) atoms. The van der Waals surface area contributed by atoms with E-state index in [0.717, 1.165) is 10.0 Å². The van der Waals surface area contributed by atoms with E-state index < -0.39 is 0 Å². The Morgan fingerprint density at radius 1 is 1.53 bits per heavy atom. The Labute approximate surface area is 108 Å². The van der Waals surface area contributed by atoms with Gasteiger partial charge in [0, 0.05) is 12.2 Å². The summed E-state index contributed by atoms with van der Waals surface area (Å²) < 4.78 is 16.2. The van der Waals surface area contributed by atoms with Crippen LogP contribution in [0.2, 0.25) is 0 Å². The highest BCUT2D eigenvalue weighted by Gasteiger charge is 2.07. The fourth-order valence-corrected chi connectivity index (χ4v) is 1.95. The summed E-state index contributed by atoms with van der Waals surface area (Å²) in [5, 5.41) is 4.04. The Hall–Kier alpha value is -1.20. The van der Waals surface area contributed by atoms with E-state index in [1.165, 1.54) is 10.7 Å². The van der Waals surface area contributed by atoms with Crippen LogP contribution < -0.4 is 5.73 Å². The first kappa shape index (κ1) is 12.3. The van der Waals surface area contributed by atoms with Crippen LogP contribution in [0.1, 0.15) is 12.5 Å². The fourth-order valence-electron chi connectivity index (χ4n) is 1.67. The van der Waals surface area contributed by atoms with Crippen molar-refractivity contribution in [3.63, 3.8) is 0 Å². The summed E-state index contributed by atoms with van der Waals surface area (Å²) >= 11 is 3.28. The standard InChI is InChI=1S/C12H13BrFN3/c1-8(15)4-9-2-3-12(11(14)5-9)17-7-10(13)6-16-17/h2-3,5-8H,4,15H2,1H3. The minimum absolute atomic E-state index is 0.0269. The average Bonchev–Trinajstić information content (AvgIpc) is 2.64. The van der Waals surface area contributed by atoms with E-state index in [1.807, 2.05) is 13.0 Å². The van der Waals surface area contributed by atoms with Gasteiger partial charge < -0.3 is 5.73 Å². The van der Waals surface area contributed by atoms with Crippen molar-refractivity contribution in [1.29, 1.82) is 0 Å². The summed E-state index contributed by atoms with van der Waals surface area (Å²) in [6.45, 7) is 1.90. The molecule has 0 bridgehead atoms. The molecule has 0 spiro atoms. The second-order valence-corrected chi connectivity index (χ2v) is 4.99. The van der Waals surface area contributed by atoms with E-state index >= 15 is 0 Å². The van der Waals surface area contributed by atoms with Crippen LogP contribution in [0.15, 0.2) is 35.1 Å². The highest BCUT2D eigenvalue weighted by molar-refractivity contribution is 9.10. The number of benzene rings is 1. The van der Waals surface area contributed by atoms with Gasteiger partial charge in [0.15, 0.2) is 0 Å². The third kappa shape index (κ3) is 2.92. The lowest BCUT2D eigenvalue weighted by atomic mass is 10.1. The van der Waals surface area contributed by atoms with Crippen LogP contribution >= 0.6 is 15.9 Å². The van der Waals surface area contributed by atoms with Gasteiger partial charge in [-0.05, 0) is 47.0 Å². The van der Waals surface area contributed by atoms with Gasteiger partial charge in [0.25, 0.3) is 0 Å². The molecule has 5 heteroatoms. The van der Waals surface area contributed by atoms with Crippen molar-refractivity contribution in [2.24, 2.45) is 5.73 Å². The molecular formula is C12H13BrFN3. The van der Waals surface area contributed by atoms with E-state index in [2.05, 4.69) is 21.0 Å². The van der Waals surface area contributed by atoms with Gasteiger partial charge in [0.1, 0.15) is 11.5 Å². The fraction of sp³-hybridized carbons (Fsp3) is 0.250. The molecule has 2 rings (SSSR count). The molecule has 1 aromatic heterocycles. The van der Waals surface area contributed by atoms with Crippen molar-refractivity contribution in [1.82, 2.24) is 9.78 Å². The molecule has 0 aliphatic rings. The highest BCUT2D eigenvalue weighted by Crippen LogP contribution is 2.17. The van der Waals surface area contributed by atoms with Gasteiger partial charge >= 0.3 is 0 Å². The largest absolute Gasteiger partial charge is 0.328 e. The first-order valence-corrected chi connectivity index (χ1v) is 6.10. The Balaban J connectivity index is 2.31. The van der Waals surface area contributed by atoms with Gasteiger partial charge in [-0.1, -0.05) is 6.07 Å². The molecule has 3 nitrogen and oxygen atoms in total. The van der Waals surface area contributed by atoms with Gasteiger partial charge in [-0.3, -0.25) is 0 Å². The number of nitrogens with zero attached hydrogens (tertiary/aromatic N) is 2. The van der Waals surface area contributed by atoms with Crippen LogP contribution in [0.25, 0.3) is 5.69 Å². The molecule has 2 N–H and O–H groups in total. The first-order chi connectivity index (χ1) is 8.06. The maximum absolute atomic E-state index is 13.9. The third-order valence-corrected chi connectivity index (χ3v) is 2.78. The summed E-state index contributed by atoms with van der Waals surface area (Å²) in [5.41, 5.74) is 7.01. The maximum Gasteiger partial charge on any atom is 0.149 e. The Morgan fingerprint density at radius 2 is 2.29 bits per heavy atom. The Bertz CT molecular complexity index is 522. The average molecular weight is 298 g/mol. The molecule has 1 aromatic carbocycles. The number of hydrogen-bond donors (Lipinski definition) is 1. The van der Waals surface area contributed by atoms with Gasteiger partial charge in [-0.15, -0.1) is 0 Å². The predicted octanol–water partition coefficient (Wildman–Crippen LogP) is 2.66. The van der Waals surface area contributed by atoms with Gasteiger partial charge in [-0.25, -0.2) is 9.07 Å². The number of nitrogens with two attached hydrogens (primary N) is 1. The molecule has 2 aromatic rings. The summed E-state index contributed by atoms with van der Waals surface area (Å²) in [5.74, 6) is -0.293. The molecule has 0 saturated heterocycles. The van der Waals surface area contributed by atoms with Gasteiger partial charge in [0.05, 0.1) is 10.7 Å². The van der Waals surface area contributed by atoms with E-state index in [1.54, 1.807) is 18.5 Å². The van der Waals surface area contributed by atoms with Crippen molar-refractivity contribution in [3.05, 3.63) is 46.4 Å². The predicted molar refractivity (Wildman–Crippen MR) is 68.6 cm³/mol. The molecule has 0 saturated carbocycles. The van der Waals surface area contributed by atoms with E-state index in [0.29, 0.717) is 12.1 Å². The molecule has 0 radical (unpaired) electrons. The van der Waals surface area contributed by atoms with E-state index in [4.69, 9.17) is 5.73 Å². The molecule has 0 aliphatic heterocycles. The SMILES string of the molecule is CC(N)Cc1ccc(-n2cc(Br)cn2)c(F)c1. The highest BCUT2D eigenvalue weighted by atomic mass is 79.9. The molecule has 1 heterocycles. The van der Waals surface area contributed by atoms with Crippen molar-refractivity contribution in [2.75, 3.05) is 0 Å². The summed E-state index contributed by atoms with van der Waals surface area (Å²) in [6.07, 6.45) is 4.00. The lowest BCUT2D eigenvalue weighted by molar-refractivity contribution is 0.606. The molecule has 0 fully saturated rings. The number of rotatable bonds is 3. The lowest BCUT2D eigenvalue weighted by Crippen LogP contribution is -2.17. The van der Waals surface area contributed by atoms with Crippen molar-refractivity contribution < 1.29 is 4.39 Å². The van der Waals surface area contributed by atoms with Crippen molar-refractivity contribution in [2.45, 2.75) is 19.4 Å². The number of halogens is 2. The van der Waals surface area contributed by atoms with Crippen molar-refractivity contribution in [3.8, 4) is 5.69 Å². The molecule has 1 atom stereocenters. The van der Waals surface area contributed by atoms with E-state index in [9.17, 15) is 4.39 Å². The van der Waals surface area contributed by atoms with Crippen molar-refractivity contribution >= 4 is 15.9 Å². The van der Waals surface area contributed by atoms with Crippen LogP contribution in [-0.4, -0.2) is 15.8 Å². The topological polar surface area (TPSA) is 43.8 Å². The molecular weight excluding hydrogens is 285 g/mol. The summed E-state index contributed by atoms with van der Waals surface area (Å²) in [6, 6.07) is 5.12. The molecule has 0 aliphatic carbocycles. The normalized spacial score (nSPS) is 12.7. The smallest absolute Gasteiger partial charge is 0.149 e. The van der Waals surface area contributed by atoms with Crippen LogP contribution in [-0.2, 0) is 6.42 Å². The number of hydrogen-bond acceptors (Lipinski definition) is 2. The van der Waals surface area contributed by atoms with Crippen LogP contribution in [0.4, 0.5) is 4.39 Å². The third-order valence-electron chi connectivity index (χ3n) is 2.37. The zero-order valence-corrected chi connectivity index (χ0v) is 11.0. The second-order valence-electron chi connectivity index (χ2n) is 4.07. The minimum Gasteiger partial charge on any atom is -0.328 e. The zero-order chi connectivity index (χ0) is 12.4. The summed E-state index contributed by atoms with van der Waals surface area (Å²) in [4.78, 5) is 0. The number of aromatic nitrogens is 2. The maximum atomic E-state index is 13.9. The molecule has 1 unspecified atom stereocenters. The summed E-state index contributed by atoms with van der Waals surface area (Å²) in [7, 11) is 0. The van der Waals surface area contributed by atoms with Crippen LogP contribution in [0.5, 0.6) is 0 Å².